The Bertz CT molecular complexity index is 1300. The maximum Gasteiger partial charge on any atom is 0.282 e. The van der Waals surface area contributed by atoms with Crippen LogP contribution in [-0.4, -0.2) is 57.3 Å². The first-order valence-corrected chi connectivity index (χ1v) is 12.8. The van der Waals surface area contributed by atoms with Gasteiger partial charge in [0.1, 0.15) is 17.6 Å². The molecular formula is C24H26F4N8OS. The lowest BCUT2D eigenvalue weighted by atomic mass is 10.0. The lowest BCUT2D eigenvalue weighted by molar-refractivity contribution is 0.143. The van der Waals surface area contributed by atoms with Gasteiger partial charge >= 0.3 is 0 Å². The fourth-order valence-electron chi connectivity index (χ4n) is 4.51. The van der Waals surface area contributed by atoms with E-state index >= 15 is 0 Å². The van der Waals surface area contributed by atoms with Crippen LogP contribution in [-0.2, 0) is 13.1 Å². The van der Waals surface area contributed by atoms with Gasteiger partial charge in [-0.05, 0) is 17.2 Å². The molecule has 0 aliphatic carbocycles. The number of benzene rings is 1. The third kappa shape index (κ3) is 5.66. The van der Waals surface area contributed by atoms with Crippen LogP contribution in [0.15, 0.2) is 41.0 Å². The van der Waals surface area contributed by atoms with Crippen LogP contribution in [0.4, 0.5) is 22.7 Å². The number of nitrogens with one attached hydrogen (secondary N) is 2. The van der Waals surface area contributed by atoms with Gasteiger partial charge in [-0.15, -0.1) is 11.3 Å². The summed E-state index contributed by atoms with van der Waals surface area (Å²) in [6, 6.07) is 6.61. The van der Waals surface area contributed by atoms with Crippen molar-refractivity contribution in [1.29, 1.82) is 0 Å². The third-order valence-corrected chi connectivity index (χ3v) is 7.45. The van der Waals surface area contributed by atoms with E-state index in [1.165, 1.54) is 12.4 Å². The first kappa shape index (κ1) is 26.1. The molecule has 1 fully saturated rings. The van der Waals surface area contributed by atoms with Crippen molar-refractivity contribution in [2.45, 2.75) is 32.1 Å². The summed E-state index contributed by atoms with van der Waals surface area (Å²) in [6.07, 6.45) is -1.63. The largest absolute Gasteiger partial charge is 0.411 e. The molecule has 1 unspecified atom stereocenters. The van der Waals surface area contributed by atoms with Crippen LogP contribution in [0.3, 0.4) is 0 Å². The van der Waals surface area contributed by atoms with Crippen molar-refractivity contribution in [3.63, 3.8) is 0 Å². The lowest BCUT2D eigenvalue weighted by Crippen LogP contribution is -2.44. The Hall–Kier alpha value is -3.49. The number of halogens is 4. The zero-order valence-electron chi connectivity index (χ0n) is 20.1. The normalized spacial score (nSPS) is 18.7. The molecule has 2 aliphatic rings. The van der Waals surface area contributed by atoms with Gasteiger partial charge in [0.05, 0.1) is 11.9 Å². The Balaban J connectivity index is 1.18. The second kappa shape index (κ2) is 11.5. The van der Waals surface area contributed by atoms with Gasteiger partial charge in [0, 0.05) is 62.6 Å². The molecule has 2 aromatic heterocycles. The first-order chi connectivity index (χ1) is 18.4. The number of thiazole rings is 1. The van der Waals surface area contributed by atoms with Crippen molar-refractivity contribution in [3.05, 3.63) is 69.6 Å². The summed E-state index contributed by atoms with van der Waals surface area (Å²) < 4.78 is 53.0. The molecule has 3 N–H and O–H groups in total. The Morgan fingerprint density at radius 2 is 1.84 bits per heavy atom. The molecule has 9 nitrogen and oxygen atoms in total. The zero-order valence-corrected chi connectivity index (χ0v) is 21.0. The van der Waals surface area contributed by atoms with Gasteiger partial charge in [-0.3, -0.25) is 10.6 Å². The summed E-state index contributed by atoms with van der Waals surface area (Å²) in [5.74, 6) is 0. The number of aromatic nitrogens is 3. The fraction of sp³-hybridized carbons (Fsp3) is 0.375. The van der Waals surface area contributed by atoms with E-state index in [2.05, 4.69) is 25.8 Å². The van der Waals surface area contributed by atoms with Crippen LogP contribution in [0, 0.1) is 0 Å². The molecule has 0 bridgehead atoms. The SMILES string of the molecule is ON=Cc1cccc2c1CNC(c1csc(N3CCN(C=Cn4nc(C(F)F)cc4C(F)F)CC3)n1)NC2. The van der Waals surface area contributed by atoms with Crippen molar-refractivity contribution in [1.82, 2.24) is 30.3 Å². The van der Waals surface area contributed by atoms with E-state index in [1.54, 1.807) is 17.5 Å². The maximum atomic E-state index is 13.2. The Morgan fingerprint density at radius 3 is 2.58 bits per heavy atom. The topological polar surface area (TPSA) is 93.8 Å². The van der Waals surface area contributed by atoms with Gasteiger partial charge < -0.3 is 15.0 Å². The lowest BCUT2D eigenvalue weighted by Gasteiger charge is -2.33. The van der Waals surface area contributed by atoms with E-state index in [0.29, 0.717) is 39.3 Å². The number of hydrogen-bond acceptors (Lipinski definition) is 9. The zero-order chi connectivity index (χ0) is 26.6. The number of anilines is 1. The number of hydrogen-bond donors (Lipinski definition) is 3. The molecule has 1 atom stereocenters. The fourth-order valence-corrected chi connectivity index (χ4v) is 5.41. The third-order valence-electron chi connectivity index (χ3n) is 6.53. The number of rotatable bonds is 7. The van der Waals surface area contributed by atoms with Crippen molar-refractivity contribution in [2.75, 3.05) is 31.1 Å². The molecule has 202 valence electrons. The molecular weight excluding hydrogens is 524 g/mol. The van der Waals surface area contributed by atoms with Crippen LogP contribution in [0.25, 0.3) is 6.20 Å². The second-order valence-corrected chi connectivity index (χ2v) is 9.68. The summed E-state index contributed by atoms with van der Waals surface area (Å²) in [7, 11) is 0. The minimum Gasteiger partial charge on any atom is -0.411 e. The summed E-state index contributed by atoms with van der Waals surface area (Å²) in [6.45, 7) is 3.80. The van der Waals surface area contributed by atoms with Crippen LogP contribution in [0.1, 0.15) is 52.8 Å². The molecule has 5 rings (SSSR count). The van der Waals surface area contributed by atoms with E-state index in [1.807, 2.05) is 28.5 Å². The average Bonchev–Trinajstić information content (AvgIpc) is 3.52. The molecule has 14 heteroatoms. The Labute approximate surface area is 220 Å². The maximum absolute atomic E-state index is 13.2. The van der Waals surface area contributed by atoms with E-state index in [-0.39, 0.29) is 6.17 Å². The van der Waals surface area contributed by atoms with Gasteiger partial charge in [-0.2, -0.15) is 5.10 Å². The van der Waals surface area contributed by atoms with Gasteiger partial charge in [-0.1, -0.05) is 23.4 Å². The highest BCUT2D eigenvalue weighted by molar-refractivity contribution is 7.13. The predicted octanol–water partition coefficient (Wildman–Crippen LogP) is 4.16. The molecule has 0 saturated carbocycles. The molecule has 1 aromatic carbocycles. The van der Waals surface area contributed by atoms with Gasteiger partial charge in [0.2, 0.25) is 0 Å². The number of fused-ring (bicyclic) bond motifs is 1. The first-order valence-electron chi connectivity index (χ1n) is 12.0. The summed E-state index contributed by atoms with van der Waals surface area (Å²) >= 11 is 1.55. The minimum atomic E-state index is -2.91. The van der Waals surface area contributed by atoms with Crippen molar-refractivity contribution < 1.29 is 22.8 Å². The van der Waals surface area contributed by atoms with E-state index in [0.717, 1.165) is 38.3 Å². The number of alkyl halides is 4. The highest BCUT2D eigenvalue weighted by Crippen LogP contribution is 2.28. The molecule has 4 heterocycles. The van der Waals surface area contributed by atoms with E-state index < -0.39 is 24.2 Å². The van der Waals surface area contributed by atoms with Gasteiger partial charge in [-0.25, -0.2) is 27.2 Å². The van der Waals surface area contributed by atoms with Gasteiger partial charge in [0.25, 0.3) is 12.9 Å². The summed E-state index contributed by atoms with van der Waals surface area (Å²) in [5, 5.41) is 25.6. The molecule has 0 radical (unpaired) electrons. The standard InChI is InChI=1S/C24H26F4N8OS/c25-21(26)18-10-20(22(27)28)36(33-18)9-6-34-4-7-35(8-5-34)24-32-19(14-38-24)23-29-11-15-2-1-3-16(12-31-37)17(15)13-30-23/h1-3,6,9-10,12,14,21-23,29-30,37H,4-5,7-8,11,13H2. The van der Waals surface area contributed by atoms with Crippen molar-refractivity contribution in [3.8, 4) is 0 Å². The van der Waals surface area contributed by atoms with Crippen LogP contribution < -0.4 is 15.5 Å². The monoisotopic (exact) mass is 550 g/mol. The molecule has 1 saturated heterocycles. The second-order valence-electron chi connectivity index (χ2n) is 8.84. The summed E-state index contributed by atoms with van der Waals surface area (Å²) in [5.41, 5.74) is 2.70. The Morgan fingerprint density at radius 1 is 1.05 bits per heavy atom. The number of piperazine rings is 1. The van der Waals surface area contributed by atoms with Crippen molar-refractivity contribution >= 4 is 28.9 Å². The molecule has 2 aliphatic heterocycles. The average molecular weight is 551 g/mol. The van der Waals surface area contributed by atoms with Crippen LogP contribution in [0.5, 0.6) is 0 Å². The number of oxime groups is 1. The highest BCUT2D eigenvalue weighted by Gasteiger charge is 2.24. The van der Waals surface area contributed by atoms with Gasteiger partial charge in [0.15, 0.2) is 5.13 Å². The molecule has 0 amide bonds. The number of nitrogens with zero attached hydrogens (tertiary/aromatic N) is 6. The van der Waals surface area contributed by atoms with E-state index in [4.69, 9.17) is 10.2 Å². The highest BCUT2D eigenvalue weighted by atomic mass is 32.1. The molecule has 38 heavy (non-hydrogen) atoms. The Kier molecular flexibility index (Phi) is 7.90. The summed E-state index contributed by atoms with van der Waals surface area (Å²) in [4.78, 5) is 8.93. The molecule has 3 aromatic rings. The smallest absolute Gasteiger partial charge is 0.282 e. The quantitative estimate of drug-likeness (QED) is 0.176. The van der Waals surface area contributed by atoms with Crippen molar-refractivity contribution in [2.24, 2.45) is 5.16 Å². The predicted molar refractivity (Wildman–Crippen MR) is 136 cm³/mol. The van der Waals surface area contributed by atoms with E-state index in [9.17, 15) is 17.6 Å². The van der Waals surface area contributed by atoms with Crippen LogP contribution in [0.2, 0.25) is 0 Å². The molecule has 0 spiro atoms. The minimum absolute atomic E-state index is 0.147. The van der Waals surface area contributed by atoms with Crippen LogP contribution >= 0.6 is 11.3 Å².